The Bertz CT molecular complexity index is 1090. The van der Waals surface area contributed by atoms with Gasteiger partial charge in [-0.15, -0.1) is 0 Å². The first-order chi connectivity index (χ1) is 12.8. The summed E-state index contributed by atoms with van der Waals surface area (Å²) in [4.78, 5) is 24.7. The highest BCUT2D eigenvalue weighted by atomic mass is 19.4. The van der Waals surface area contributed by atoms with E-state index in [1.807, 2.05) is 0 Å². The van der Waals surface area contributed by atoms with Crippen molar-refractivity contribution in [2.75, 3.05) is 14.2 Å². The van der Waals surface area contributed by atoms with Crippen LogP contribution in [-0.2, 0) is 10.9 Å². The SMILES string of the molecule is COC(=O)c1ccc(C(F)(F)F)n(-c2c(OC)ccc3ccccc23)c1=O. The second kappa shape index (κ2) is 6.79. The number of rotatable bonds is 3. The van der Waals surface area contributed by atoms with Gasteiger partial charge in [0.25, 0.3) is 5.56 Å². The summed E-state index contributed by atoms with van der Waals surface area (Å²) in [5.41, 5.74) is -2.99. The molecule has 0 amide bonds. The molecule has 5 nitrogen and oxygen atoms in total. The number of hydrogen-bond acceptors (Lipinski definition) is 4. The van der Waals surface area contributed by atoms with Gasteiger partial charge in [-0.1, -0.05) is 30.3 Å². The predicted octanol–water partition coefficient (Wildman–Crippen LogP) is 3.80. The number of nitrogens with zero attached hydrogens (tertiary/aromatic N) is 1. The third-order valence-electron chi connectivity index (χ3n) is 4.09. The van der Waals surface area contributed by atoms with E-state index < -0.39 is 29.0 Å². The van der Waals surface area contributed by atoms with Gasteiger partial charge in [0, 0.05) is 5.39 Å². The van der Waals surface area contributed by atoms with E-state index in [4.69, 9.17) is 4.74 Å². The minimum Gasteiger partial charge on any atom is -0.495 e. The number of ether oxygens (including phenoxy) is 2. The van der Waals surface area contributed by atoms with Crippen molar-refractivity contribution in [3.8, 4) is 11.4 Å². The number of halogens is 3. The molecule has 2 aromatic carbocycles. The molecule has 0 saturated carbocycles. The standard InChI is InChI=1S/C19H14F3NO4/c1-26-14-9-7-11-5-3-4-6-12(11)16(14)23-15(19(20,21)22)10-8-13(17(23)24)18(25)27-2/h3-10H,1-2H3. The van der Waals surface area contributed by atoms with Crippen LogP contribution in [-0.4, -0.2) is 24.8 Å². The molecule has 0 unspecified atom stereocenters. The Morgan fingerprint density at radius 2 is 1.70 bits per heavy atom. The van der Waals surface area contributed by atoms with Crippen LogP contribution in [0.25, 0.3) is 16.5 Å². The van der Waals surface area contributed by atoms with Gasteiger partial charge in [-0.25, -0.2) is 4.79 Å². The number of aromatic nitrogens is 1. The molecule has 3 rings (SSSR count). The van der Waals surface area contributed by atoms with Crippen LogP contribution in [0.4, 0.5) is 13.2 Å². The van der Waals surface area contributed by atoms with Gasteiger partial charge in [-0.3, -0.25) is 9.36 Å². The van der Waals surface area contributed by atoms with Crippen LogP contribution in [0.5, 0.6) is 5.75 Å². The van der Waals surface area contributed by atoms with Crippen LogP contribution in [0.1, 0.15) is 16.1 Å². The van der Waals surface area contributed by atoms with Crippen molar-refractivity contribution in [3.05, 3.63) is 70.1 Å². The van der Waals surface area contributed by atoms with Gasteiger partial charge in [-0.05, 0) is 23.6 Å². The summed E-state index contributed by atoms with van der Waals surface area (Å²) in [6.45, 7) is 0. The summed E-state index contributed by atoms with van der Waals surface area (Å²) in [6, 6.07) is 11.2. The maximum Gasteiger partial charge on any atom is 0.431 e. The van der Waals surface area contributed by atoms with Gasteiger partial charge < -0.3 is 9.47 Å². The Balaban J connectivity index is 2.52. The Hall–Kier alpha value is -3.29. The van der Waals surface area contributed by atoms with Crippen molar-refractivity contribution in [3.63, 3.8) is 0 Å². The predicted molar refractivity (Wildman–Crippen MR) is 92.4 cm³/mol. The van der Waals surface area contributed by atoms with Crippen molar-refractivity contribution in [2.45, 2.75) is 6.18 Å². The fraction of sp³-hybridized carbons (Fsp3) is 0.158. The number of esters is 1. The Morgan fingerprint density at radius 3 is 2.33 bits per heavy atom. The zero-order chi connectivity index (χ0) is 19.8. The topological polar surface area (TPSA) is 57.5 Å². The van der Waals surface area contributed by atoms with E-state index in [-0.39, 0.29) is 11.4 Å². The molecule has 0 aliphatic heterocycles. The molecule has 0 aliphatic rings. The number of carbonyl (C=O) groups is 1. The monoisotopic (exact) mass is 377 g/mol. The van der Waals surface area contributed by atoms with Crippen molar-refractivity contribution >= 4 is 16.7 Å². The molecule has 0 N–H and O–H groups in total. The average molecular weight is 377 g/mol. The molecule has 0 saturated heterocycles. The highest BCUT2D eigenvalue weighted by molar-refractivity contribution is 5.94. The molecule has 140 valence electrons. The van der Waals surface area contributed by atoms with E-state index in [1.165, 1.54) is 13.2 Å². The first kappa shape index (κ1) is 18.5. The fourth-order valence-electron chi connectivity index (χ4n) is 2.88. The van der Waals surface area contributed by atoms with Gasteiger partial charge in [0.15, 0.2) is 0 Å². The summed E-state index contributed by atoms with van der Waals surface area (Å²) in [5.74, 6) is -0.968. The Morgan fingerprint density at radius 1 is 1.00 bits per heavy atom. The number of carbonyl (C=O) groups excluding carboxylic acids is 1. The molecular formula is C19H14F3NO4. The van der Waals surface area contributed by atoms with Crippen molar-refractivity contribution in [2.24, 2.45) is 0 Å². The molecule has 27 heavy (non-hydrogen) atoms. The van der Waals surface area contributed by atoms with E-state index in [1.54, 1.807) is 30.3 Å². The van der Waals surface area contributed by atoms with Crippen LogP contribution < -0.4 is 10.3 Å². The van der Waals surface area contributed by atoms with Gasteiger partial charge in [-0.2, -0.15) is 13.2 Å². The molecule has 1 heterocycles. The van der Waals surface area contributed by atoms with Crippen LogP contribution in [0.3, 0.4) is 0 Å². The third-order valence-corrected chi connectivity index (χ3v) is 4.09. The number of pyridine rings is 1. The summed E-state index contributed by atoms with van der Waals surface area (Å²) in [5, 5.41) is 0.975. The quantitative estimate of drug-likeness (QED) is 0.652. The molecule has 0 bridgehead atoms. The van der Waals surface area contributed by atoms with Gasteiger partial charge in [0.1, 0.15) is 17.0 Å². The molecule has 0 aliphatic carbocycles. The molecule has 8 heteroatoms. The maximum absolute atomic E-state index is 13.6. The first-order valence-corrected chi connectivity index (χ1v) is 7.77. The van der Waals surface area contributed by atoms with Crippen LogP contribution in [0.15, 0.2) is 53.3 Å². The van der Waals surface area contributed by atoms with Crippen LogP contribution in [0, 0.1) is 0 Å². The molecule has 0 spiro atoms. The lowest BCUT2D eigenvalue weighted by atomic mass is 10.1. The Labute approximate surface area is 151 Å². The molecule has 1 aromatic heterocycles. The number of hydrogen-bond donors (Lipinski definition) is 0. The van der Waals surface area contributed by atoms with Crippen molar-refractivity contribution in [1.82, 2.24) is 4.57 Å². The molecular weight excluding hydrogens is 363 g/mol. The van der Waals surface area contributed by atoms with E-state index in [2.05, 4.69) is 4.74 Å². The largest absolute Gasteiger partial charge is 0.495 e. The van der Waals surface area contributed by atoms with Gasteiger partial charge >= 0.3 is 12.1 Å². The lowest BCUT2D eigenvalue weighted by Crippen LogP contribution is -2.31. The summed E-state index contributed by atoms with van der Waals surface area (Å²) in [6.07, 6.45) is -4.84. The van der Waals surface area contributed by atoms with Crippen molar-refractivity contribution in [1.29, 1.82) is 0 Å². The second-order valence-electron chi connectivity index (χ2n) is 5.60. The average Bonchev–Trinajstić information content (AvgIpc) is 2.65. The van der Waals surface area contributed by atoms with E-state index in [0.717, 1.165) is 13.2 Å². The smallest absolute Gasteiger partial charge is 0.431 e. The van der Waals surface area contributed by atoms with Crippen LogP contribution in [0.2, 0.25) is 0 Å². The zero-order valence-electron chi connectivity index (χ0n) is 14.3. The van der Waals surface area contributed by atoms with Crippen molar-refractivity contribution < 1.29 is 27.4 Å². The third kappa shape index (κ3) is 3.14. The minimum atomic E-state index is -4.84. The molecule has 3 aromatic rings. The highest BCUT2D eigenvalue weighted by Crippen LogP contribution is 2.36. The number of alkyl halides is 3. The number of fused-ring (bicyclic) bond motifs is 1. The van der Waals surface area contributed by atoms with Gasteiger partial charge in [0.2, 0.25) is 0 Å². The first-order valence-electron chi connectivity index (χ1n) is 7.77. The molecule has 0 fully saturated rings. The fourth-order valence-corrected chi connectivity index (χ4v) is 2.88. The normalized spacial score (nSPS) is 11.4. The number of methoxy groups -OCH3 is 2. The van der Waals surface area contributed by atoms with E-state index in [0.29, 0.717) is 21.4 Å². The lowest BCUT2D eigenvalue weighted by molar-refractivity contribution is -0.142. The highest BCUT2D eigenvalue weighted by Gasteiger charge is 2.37. The molecule has 0 atom stereocenters. The molecule has 0 radical (unpaired) electrons. The summed E-state index contributed by atoms with van der Waals surface area (Å²) < 4.78 is 51.1. The number of benzene rings is 2. The zero-order valence-corrected chi connectivity index (χ0v) is 14.3. The Kier molecular flexibility index (Phi) is 4.65. The minimum absolute atomic E-state index is 0.0586. The van der Waals surface area contributed by atoms with E-state index >= 15 is 0 Å². The van der Waals surface area contributed by atoms with E-state index in [9.17, 15) is 22.8 Å². The summed E-state index contributed by atoms with van der Waals surface area (Å²) >= 11 is 0. The second-order valence-corrected chi connectivity index (χ2v) is 5.60. The maximum atomic E-state index is 13.6. The lowest BCUT2D eigenvalue weighted by Gasteiger charge is -2.20. The van der Waals surface area contributed by atoms with Crippen LogP contribution >= 0.6 is 0 Å². The van der Waals surface area contributed by atoms with Gasteiger partial charge in [0.05, 0.1) is 19.9 Å². The summed E-state index contributed by atoms with van der Waals surface area (Å²) in [7, 11) is 2.33.